The molecule has 0 radical (unpaired) electrons. The second-order valence-electron chi connectivity index (χ2n) is 5.90. The highest BCUT2D eigenvalue weighted by molar-refractivity contribution is 6.30. The number of halogens is 1. The maximum atomic E-state index is 12.3. The summed E-state index contributed by atoms with van der Waals surface area (Å²) in [4.78, 5) is 20.5. The second-order valence-corrected chi connectivity index (χ2v) is 6.33. The first kappa shape index (κ1) is 17.9. The van der Waals surface area contributed by atoms with Gasteiger partial charge in [0.15, 0.2) is 12.2 Å². The Morgan fingerprint density at radius 1 is 1.23 bits per heavy atom. The van der Waals surface area contributed by atoms with Gasteiger partial charge in [-0.3, -0.25) is 4.98 Å². The first-order valence-corrected chi connectivity index (χ1v) is 8.16. The number of pyridine rings is 1. The summed E-state index contributed by atoms with van der Waals surface area (Å²) < 4.78 is 16.0. The van der Waals surface area contributed by atoms with Crippen LogP contribution in [0.15, 0.2) is 53.3 Å². The molecular weight excluding hydrogens is 358 g/mol. The van der Waals surface area contributed by atoms with E-state index in [9.17, 15) is 4.79 Å². The zero-order chi connectivity index (χ0) is 18.6. The van der Waals surface area contributed by atoms with Crippen LogP contribution in [0.1, 0.15) is 19.7 Å². The van der Waals surface area contributed by atoms with Crippen molar-refractivity contribution in [2.45, 2.75) is 26.1 Å². The van der Waals surface area contributed by atoms with Crippen molar-refractivity contribution in [2.24, 2.45) is 0 Å². The third-order valence-corrected chi connectivity index (χ3v) is 3.64. The molecule has 7 nitrogen and oxygen atoms in total. The highest BCUT2D eigenvalue weighted by Gasteiger charge is 2.32. The zero-order valence-electron chi connectivity index (χ0n) is 14.2. The van der Waals surface area contributed by atoms with Crippen LogP contribution in [-0.2, 0) is 16.1 Å². The van der Waals surface area contributed by atoms with Gasteiger partial charge < -0.3 is 14.0 Å². The second kappa shape index (κ2) is 7.53. The number of ether oxygens (including phenoxy) is 2. The standard InChI is InChI=1S/C18H16ClN3O4/c1-18(2,25-14-7-5-13(19)6-8-14)17(23)24-11-15-21-16(22-26-15)12-4-3-9-20-10-12/h3-10H,11H2,1-2H3. The van der Waals surface area contributed by atoms with Gasteiger partial charge in [0.05, 0.1) is 0 Å². The molecule has 0 saturated heterocycles. The van der Waals surface area contributed by atoms with Crippen LogP contribution >= 0.6 is 11.6 Å². The Kier molecular flexibility index (Phi) is 5.18. The number of carbonyl (C=O) groups excluding carboxylic acids is 1. The number of aromatic nitrogens is 3. The number of hydrogen-bond donors (Lipinski definition) is 0. The maximum Gasteiger partial charge on any atom is 0.350 e. The topological polar surface area (TPSA) is 87.3 Å². The zero-order valence-corrected chi connectivity index (χ0v) is 14.9. The molecule has 3 aromatic rings. The average molecular weight is 374 g/mol. The first-order chi connectivity index (χ1) is 12.4. The summed E-state index contributed by atoms with van der Waals surface area (Å²) in [6.07, 6.45) is 3.26. The number of hydrogen-bond acceptors (Lipinski definition) is 7. The molecule has 0 saturated carbocycles. The van der Waals surface area contributed by atoms with Gasteiger partial charge in [-0.1, -0.05) is 16.8 Å². The molecule has 2 aromatic heterocycles. The lowest BCUT2D eigenvalue weighted by molar-refractivity contribution is -0.161. The van der Waals surface area contributed by atoms with Crippen molar-refractivity contribution in [3.8, 4) is 17.1 Å². The Morgan fingerprint density at radius 2 is 2.00 bits per heavy atom. The Hall–Kier alpha value is -2.93. The molecular formula is C18H16ClN3O4. The number of carbonyl (C=O) groups is 1. The summed E-state index contributed by atoms with van der Waals surface area (Å²) >= 11 is 5.83. The largest absolute Gasteiger partial charge is 0.476 e. The Balaban J connectivity index is 1.59. The van der Waals surface area contributed by atoms with E-state index in [2.05, 4.69) is 15.1 Å². The molecule has 2 heterocycles. The summed E-state index contributed by atoms with van der Waals surface area (Å²) in [7, 11) is 0. The molecule has 1 aromatic carbocycles. The number of rotatable bonds is 6. The van der Waals surface area contributed by atoms with Crippen molar-refractivity contribution >= 4 is 17.6 Å². The highest BCUT2D eigenvalue weighted by Crippen LogP contribution is 2.22. The molecule has 8 heteroatoms. The third-order valence-electron chi connectivity index (χ3n) is 3.39. The monoisotopic (exact) mass is 373 g/mol. The van der Waals surface area contributed by atoms with Crippen LogP contribution in [0.5, 0.6) is 5.75 Å². The van der Waals surface area contributed by atoms with Crippen LogP contribution in [0.4, 0.5) is 0 Å². The normalized spacial score (nSPS) is 11.2. The van der Waals surface area contributed by atoms with E-state index in [4.69, 9.17) is 25.6 Å². The molecule has 0 fully saturated rings. The maximum absolute atomic E-state index is 12.3. The smallest absolute Gasteiger partial charge is 0.350 e. The predicted octanol–water partition coefficient (Wildman–Crippen LogP) is 3.69. The highest BCUT2D eigenvalue weighted by atomic mass is 35.5. The fraction of sp³-hybridized carbons (Fsp3) is 0.222. The lowest BCUT2D eigenvalue weighted by Crippen LogP contribution is -2.39. The van der Waals surface area contributed by atoms with Crippen molar-refractivity contribution in [3.63, 3.8) is 0 Å². The first-order valence-electron chi connectivity index (χ1n) is 7.79. The van der Waals surface area contributed by atoms with Crippen LogP contribution in [0.2, 0.25) is 5.02 Å². The minimum Gasteiger partial charge on any atom is -0.476 e. The fourth-order valence-corrected chi connectivity index (χ4v) is 2.19. The van der Waals surface area contributed by atoms with Gasteiger partial charge in [-0.05, 0) is 50.2 Å². The molecule has 0 amide bonds. The SMILES string of the molecule is CC(C)(Oc1ccc(Cl)cc1)C(=O)OCc1nc(-c2cccnc2)no1. The third kappa shape index (κ3) is 4.37. The minimum absolute atomic E-state index is 0.153. The van der Waals surface area contributed by atoms with Crippen molar-refractivity contribution in [2.75, 3.05) is 0 Å². The number of nitrogens with zero attached hydrogens (tertiary/aromatic N) is 3. The Morgan fingerprint density at radius 3 is 2.69 bits per heavy atom. The van der Waals surface area contributed by atoms with Gasteiger partial charge >= 0.3 is 5.97 Å². The molecule has 0 aliphatic carbocycles. The predicted molar refractivity (Wildman–Crippen MR) is 93.5 cm³/mol. The average Bonchev–Trinajstić information content (AvgIpc) is 3.11. The number of benzene rings is 1. The quantitative estimate of drug-likeness (QED) is 0.609. The molecule has 26 heavy (non-hydrogen) atoms. The molecule has 0 aliphatic heterocycles. The summed E-state index contributed by atoms with van der Waals surface area (Å²) in [6.45, 7) is 3.07. The van der Waals surface area contributed by atoms with Crippen molar-refractivity contribution in [1.82, 2.24) is 15.1 Å². The van der Waals surface area contributed by atoms with Gasteiger partial charge in [-0.15, -0.1) is 0 Å². The molecule has 0 spiro atoms. The van der Waals surface area contributed by atoms with E-state index in [1.54, 1.807) is 62.6 Å². The molecule has 0 bridgehead atoms. The van der Waals surface area contributed by atoms with Crippen LogP contribution in [-0.4, -0.2) is 26.7 Å². The van der Waals surface area contributed by atoms with E-state index in [1.165, 1.54) is 0 Å². The van der Waals surface area contributed by atoms with Gasteiger partial charge in [0.1, 0.15) is 5.75 Å². The summed E-state index contributed by atoms with van der Waals surface area (Å²) in [5.74, 6) is 0.502. The Bertz CT molecular complexity index is 879. The van der Waals surface area contributed by atoms with Gasteiger partial charge in [-0.25, -0.2) is 4.79 Å². The molecule has 0 atom stereocenters. The van der Waals surface area contributed by atoms with Crippen LogP contribution in [0.3, 0.4) is 0 Å². The van der Waals surface area contributed by atoms with Crippen LogP contribution in [0, 0.1) is 0 Å². The minimum atomic E-state index is -1.19. The van der Waals surface area contributed by atoms with E-state index < -0.39 is 11.6 Å². The molecule has 0 unspecified atom stereocenters. The summed E-state index contributed by atoms with van der Waals surface area (Å²) in [5.41, 5.74) is -0.486. The van der Waals surface area contributed by atoms with Crippen molar-refractivity contribution in [1.29, 1.82) is 0 Å². The van der Waals surface area contributed by atoms with Crippen molar-refractivity contribution in [3.05, 3.63) is 59.7 Å². The lowest BCUT2D eigenvalue weighted by Gasteiger charge is -2.23. The number of esters is 1. The van der Waals surface area contributed by atoms with Crippen molar-refractivity contribution < 1.29 is 18.8 Å². The van der Waals surface area contributed by atoms with Gasteiger partial charge in [0, 0.05) is 23.0 Å². The van der Waals surface area contributed by atoms with Gasteiger partial charge in [-0.2, -0.15) is 4.98 Å². The molecule has 0 N–H and O–H groups in total. The molecule has 0 aliphatic rings. The van der Waals surface area contributed by atoms with Gasteiger partial charge in [0.2, 0.25) is 5.82 Å². The van der Waals surface area contributed by atoms with E-state index in [0.717, 1.165) is 0 Å². The molecule has 3 rings (SSSR count). The molecule has 134 valence electrons. The lowest BCUT2D eigenvalue weighted by atomic mass is 10.1. The van der Waals surface area contributed by atoms with E-state index in [0.29, 0.717) is 22.2 Å². The van der Waals surface area contributed by atoms with Crippen LogP contribution in [0.25, 0.3) is 11.4 Å². The summed E-state index contributed by atoms with van der Waals surface area (Å²) in [6, 6.07) is 10.3. The van der Waals surface area contributed by atoms with E-state index in [-0.39, 0.29) is 12.5 Å². The van der Waals surface area contributed by atoms with Gasteiger partial charge in [0.25, 0.3) is 5.89 Å². The Labute approximate surface area is 154 Å². The van der Waals surface area contributed by atoms with E-state index in [1.807, 2.05) is 0 Å². The summed E-state index contributed by atoms with van der Waals surface area (Å²) in [5, 5.41) is 4.42. The fourth-order valence-electron chi connectivity index (χ4n) is 2.07. The van der Waals surface area contributed by atoms with Crippen LogP contribution < -0.4 is 4.74 Å². The van der Waals surface area contributed by atoms with E-state index >= 15 is 0 Å².